The number of rotatable bonds is 4. The van der Waals surface area contributed by atoms with E-state index in [1.54, 1.807) is 0 Å². The summed E-state index contributed by atoms with van der Waals surface area (Å²) in [6.45, 7) is 0.576. The second kappa shape index (κ2) is 5.08. The minimum atomic E-state index is -0.0656. The number of carbonyl (C=O) groups is 1. The molecule has 0 bridgehead atoms. The highest BCUT2D eigenvalue weighted by Gasteiger charge is 2.22. The smallest absolute Gasteiger partial charge is 0.315 e. The lowest BCUT2D eigenvalue weighted by atomic mass is 10.2. The van der Waals surface area contributed by atoms with Crippen LogP contribution in [0, 0.1) is 0 Å². The van der Waals surface area contributed by atoms with Gasteiger partial charge in [0, 0.05) is 32.4 Å². The van der Waals surface area contributed by atoms with Crippen molar-refractivity contribution in [1.82, 2.24) is 10.6 Å². The first kappa shape index (κ1) is 11.8. The molecule has 4 nitrogen and oxygen atoms in total. The van der Waals surface area contributed by atoms with Gasteiger partial charge in [-0.15, -0.1) is 0 Å². The molecule has 1 aromatic rings. The van der Waals surface area contributed by atoms with Gasteiger partial charge >= 0.3 is 6.03 Å². The fourth-order valence-electron chi connectivity index (χ4n) is 1.56. The first-order chi connectivity index (χ1) is 8.15. The highest BCUT2D eigenvalue weighted by molar-refractivity contribution is 5.74. The second-order valence-electron chi connectivity index (χ2n) is 4.66. The number of anilines is 1. The van der Waals surface area contributed by atoms with Gasteiger partial charge in [-0.2, -0.15) is 0 Å². The summed E-state index contributed by atoms with van der Waals surface area (Å²) in [5.74, 6) is 0. The molecule has 2 N–H and O–H groups in total. The average Bonchev–Trinajstić information content (AvgIpc) is 3.11. The van der Waals surface area contributed by atoms with Gasteiger partial charge in [-0.1, -0.05) is 12.1 Å². The van der Waals surface area contributed by atoms with E-state index >= 15 is 0 Å². The molecule has 1 aromatic carbocycles. The van der Waals surface area contributed by atoms with Crippen molar-refractivity contribution in [2.45, 2.75) is 25.4 Å². The molecule has 0 atom stereocenters. The number of amides is 2. The molecule has 92 valence electrons. The van der Waals surface area contributed by atoms with Gasteiger partial charge in [0.1, 0.15) is 0 Å². The zero-order valence-electron chi connectivity index (χ0n) is 10.4. The fourth-order valence-corrected chi connectivity index (χ4v) is 1.56. The van der Waals surface area contributed by atoms with Gasteiger partial charge < -0.3 is 15.5 Å². The van der Waals surface area contributed by atoms with Crippen LogP contribution in [0.25, 0.3) is 0 Å². The Kier molecular flexibility index (Phi) is 3.52. The molecule has 2 rings (SSSR count). The Morgan fingerprint density at radius 2 is 1.94 bits per heavy atom. The fraction of sp³-hybridized carbons (Fsp3) is 0.462. The number of benzene rings is 1. The normalized spacial score (nSPS) is 14.2. The van der Waals surface area contributed by atoms with Crippen molar-refractivity contribution in [2.75, 3.05) is 19.0 Å². The Morgan fingerprint density at radius 1 is 1.29 bits per heavy atom. The minimum absolute atomic E-state index is 0.0656. The van der Waals surface area contributed by atoms with Crippen LogP contribution in [0.1, 0.15) is 18.4 Å². The van der Waals surface area contributed by atoms with Crippen LogP contribution < -0.4 is 15.5 Å². The van der Waals surface area contributed by atoms with Gasteiger partial charge in [0.25, 0.3) is 0 Å². The second-order valence-corrected chi connectivity index (χ2v) is 4.66. The topological polar surface area (TPSA) is 44.4 Å². The van der Waals surface area contributed by atoms with Crippen LogP contribution in [0.15, 0.2) is 24.3 Å². The van der Waals surface area contributed by atoms with Crippen molar-refractivity contribution in [3.8, 4) is 0 Å². The van der Waals surface area contributed by atoms with Crippen molar-refractivity contribution in [1.29, 1.82) is 0 Å². The Hall–Kier alpha value is -1.71. The third-order valence-corrected chi connectivity index (χ3v) is 2.82. The maximum Gasteiger partial charge on any atom is 0.315 e. The maximum atomic E-state index is 11.4. The monoisotopic (exact) mass is 233 g/mol. The summed E-state index contributed by atoms with van der Waals surface area (Å²) in [5.41, 5.74) is 2.28. The van der Waals surface area contributed by atoms with Gasteiger partial charge in [-0.25, -0.2) is 4.79 Å². The van der Waals surface area contributed by atoms with E-state index in [4.69, 9.17) is 0 Å². The zero-order valence-corrected chi connectivity index (χ0v) is 10.4. The first-order valence-electron chi connectivity index (χ1n) is 5.96. The maximum absolute atomic E-state index is 11.4. The van der Waals surface area contributed by atoms with Crippen molar-refractivity contribution >= 4 is 11.7 Å². The number of urea groups is 1. The molecule has 0 aromatic heterocycles. The summed E-state index contributed by atoms with van der Waals surface area (Å²) in [7, 11) is 4.02. The summed E-state index contributed by atoms with van der Waals surface area (Å²) in [4.78, 5) is 13.5. The summed E-state index contributed by atoms with van der Waals surface area (Å²) >= 11 is 0. The highest BCUT2D eigenvalue weighted by atomic mass is 16.2. The highest BCUT2D eigenvalue weighted by Crippen LogP contribution is 2.18. The van der Waals surface area contributed by atoms with E-state index in [9.17, 15) is 4.79 Å². The van der Waals surface area contributed by atoms with Gasteiger partial charge in [0.05, 0.1) is 0 Å². The van der Waals surface area contributed by atoms with Crippen molar-refractivity contribution in [3.05, 3.63) is 29.8 Å². The number of carbonyl (C=O) groups excluding carboxylic acids is 1. The Labute approximate surface area is 102 Å². The Morgan fingerprint density at radius 3 is 2.47 bits per heavy atom. The van der Waals surface area contributed by atoms with Gasteiger partial charge in [-0.05, 0) is 30.5 Å². The van der Waals surface area contributed by atoms with E-state index in [-0.39, 0.29) is 6.03 Å². The molecule has 0 aliphatic heterocycles. The SMILES string of the molecule is CN(C)c1ccc(CNC(=O)NC2CC2)cc1. The standard InChI is InChI=1S/C13H19N3O/c1-16(2)12-7-3-10(4-8-12)9-14-13(17)15-11-5-6-11/h3-4,7-8,11H,5-6,9H2,1-2H3,(H2,14,15,17). The van der Waals surface area contributed by atoms with E-state index in [2.05, 4.69) is 27.7 Å². The summed E-state index contributed by atoms with van der Waals surface area (Å²) in [5, 5.41) is 5.75. The lowest BCUT2D eigenvalue weighted by Gasteiger charge is -2.13. The molecule has 0 unspecified atom stereocenters. The van der Waals surface area contributed by atoms with Crippen LogP contribution in [-0.2, 0) is 6.54 Å². The van der Waals surface area contributed by atoms with Crippen LogP contribution in [0.3, 0.4) is 0 Å². The molecule has 1 aliphatic rings. The Bertz CT molecular complexity index is 382. The lowest BCUT2D eigenvalue weighted by Crippen LogP contribution is -2.36. The molecule has 0 spiro atoms. The summed E-state index contributed by atoms with van der Waals surface area (Å²) in [6, 6.07) is 8.51. The minimum Gasteiger partial charge on any atom is -0.378 e. The number of nitrogens with one attached hydrogen (secondary N) is 2. The van der Waals surface area contributed by atoms with Gasteiger partial charge in [-0.3, -0.25) is 0 Å². The van der Waals surface area contributed by atoms with Crippen LogP contribution in [0.5, 0.6) is 0 Å². The van der Waals surface area contributed by atoms with Crippen molar-refractivity contribution in [2.24, 2.45) is 0 Å². The third-order valence-electron chi connectivity index (χ3n) is 2.82. The largest absolute Gasteiger partial charge is 0.378 e. The third kappa shape index (κ3) is 3.66. The van der Waals surface area contributed by atoms with E-state index in [1.807, 2.05) is 26.2 Å². The molecule has 0 radical (unpaired) electrons. The average molecular weight is 233 g/mol. The molecule has 1 aliphatic carbocycles. The predicted molar refractivity (Wildman–Crippen MR) is 69.2 cm³/mol. The quantitative estimate of drug-likeness (QED) is 0.831. The van der Waals surface area contributed by atoms with Crippen LogP contribution in [0.4, 0.5) is 10.5 Å². The van der Waals surface area contributed by atoms with E-state index in [1.165, 1.54) is 0 Å². The molecule has 0 saturated heterocycles. The molecule has 1 fully saturated rings. The van der Waals surface area contributed by atoms with E-state index in [0.717, 1.165) is 24.1 Å². The van der Waals surface area contributed by atoms with E-state index < -0.39 is 0 Å². The summed E-state index contributed by atoms with van der Waals surface area (Å²) in [6.07, 6.45) is 2.23. The van der Waals surface area contributed by atoms with Gasteiger partial charge in [0.2, 0.25) is 0 Å². The van der Waals surface area contributed by atoms with E-state index in [0.29, 0.717) is 12.6 Å². The van der Waals surface area contributed by atoms with Crippen LogP contribution >= 0.6 is 0 Å². The molecule has 2 amide bonds. The zero-order chi connectivity index (χ0) is 12.3. The molecule has 0 heterocycles. The van der Waals surface area contributed by atoms with Gasteiger partial charge in [0.15, 0.2) is 0 Å². The van der Waals surface area contributed by atoms with Crippen molar-refractivity contribution in [3.63, 3.8) is 0 Å². The predicted octanol–water partition coefficient (Wildman–Crippen LogP) is 1.71. The number of nitrogens with zero attached hydrogens (tertiary/aromatic N) is 1. The lowest BCUT2D eigenvalue weighted by molar-refractivity contribution is 0.240. The molecule has 1 saturated carbocycles. The number of hydrogen-bond acceptors (Lipinski definition) is 2. The number of hydrogen-bond donors (Lipinski definition) is 2. The molecular weight excluding hydrogens is 214 g/mol. The van der Waals surface area contributed by atoms with Crippen LogP contribution in [-0.4, -0.2) is 26.2 Å². The molecule has 4 heteroatoms. The molecular formula is C13H19N3O. The summed E-state index contributed by atoms with van der Waals surface area (Å²) < 4.78 is 0. The van der Waals surface area contributed by atoms with Crippen LogP contribution in [0.2, 0.25) is 0 Å². The first-order valence-corrected chi connectivity index (χ1v) is 5.96. The Balaban J connectivity index is 1.79. The molecule has 17 heavy (non-hydrogen) atoms. The van der Waals surface area contributed by atoms with Crippen molar-refractivity contribution < 1.29 is 4.79 Å².